The summed E-state index contributed by atoms with van der Waals surface area (Å²) in [6.45, 7) is 5.58. The maximum absolute atomic E-state index is 9.45. The van der Waals surface area contributed by atoms with E-state index in [0.717, 1.165) is 38.9 Å². The van der Waals surface area contributed by atoms with E-state index in [1.165, 1.54) is 12.8 Å². The number of nitrogens with zero attached hydrogens (tertiary/aromatic N) is 3. The average molecular weight is 266 g/mol. The van der Waals surface area contributed by atoms with E-state index in [4.69, 9.17) is 0 Å². The van der Waals surface area contributed by atoms with Crippen molar-refractivity contribution in [2.24, 2.45) is 0 Å². The first-order chi connectivity index (χ1) is 9.06. The van der Waals surface area contributed by atoms with Crippen LogP contribution in [-0.4, -0.2) is 62.2 Å². The van der Waals surface area contributed by atoms with Crippen molar-refractivity contribution in [1.29, 1.82) is 5.26 Å². The monoisotopic (exact) mass is 266 g/mol. The van der Waals surface area contributed by atoms with Gasteiger partial charge in [-0.15, -0.1) is 0 Å². The SMILES string of the molecule is CCCN(CCN(C)C)C1CCCC(C#N)(NC)C1. The summed E-state index contributed by atoms with van der Waals surface area (Å²) < 4.78 is 0. The minimum atomic E-state index is -0.299. The Morgan fingerprint density at radius 1 is 1.32 bits per heavy atom. The van der Waals surface area contributed by atoms with E-state index in [0.29, 0.717) is 6.04 Å². The molecule has 1 fully saturated rings. The van der Waals surface area contributed by atoms with Gasteiger partial charge in [-0.05, 0) is 59.8 Å². The lowest BCUT2D eigenvalue weighted by atomic mass is 9.79. The largest absolute Gasteiger partial charge is 0.308 e. The Hall–Kier alpha value is -0.630. The second kappa shape index (κ2) is 7.84. The Labute approximate surface area is 118 Å². The maximum Gasteiger partial charge on any atom is 0.108 e. The first-order valence-electron chi connectivity index (χ1n) is 7.56. The van der Waals surface area contributed by atoms with Gasteiger partial charge in [0.2, 0.25) is 0 Å². The van der Waals surface area contributed by atoms with E-state index in [-0.39, 0.29) is 5.54 Å². The molecule has 1 saturated carbocycles. The Morgan fingerprint density at radius 2 is 2.05 bits per heavy atom. The van der Waals surface area contributed by atoms with Gasteiger partial charge < -0.3 is 10.2 Å². The molecule has 1 rings (SSSR count). The molecule has 19 heavy (non-hydrogen) atoms. The molecule has 0 spiro atoms. The van der Waals surface area contributed by atoms with Crippen LogP contribution in [0.25, 0.3) is 0 Å². The van der Waals surface area contributed by atoms with Crippen molar-refractivity contribution >= 4 is 0 Å². The second-order valence-corrected chi connectivity index (χ2v) is 6.03. The smallest absolute Gasteiger partial charge is 0.108 e. The molecule has 0 aromatic carbocycles. The van der Waals surface area contributed by atoms with Crippen molar-refractivity contribution < 1.29 is 0 Å². The Kier molecular flexibility index (Phi) is 6.78. The summed E-state index contributed by atoms with van der Waals surface area (Å²) >= 11 is 0. The van der Waals surface area contributed by atoms with Gasteiger partial charge in [0.05, 0.1) is 6.07 Å². The summed E-state index contributed by atoms with van der Waals surface area (Å²) in [6, 6.07) is 3.07. The van der Waals surface area contributed by atoms with Crippen LogP contribution in [0.1, 0.15) is 39.0 Å². The van der Waals surface area contributed by atoms with Crippen molar-refractivity contribution in [2.75, 3.05) is 40.8 Å². The standard InChI is InChI=1S/C15H30N4/c1-5-9-19(11-10-18(3)4)14-7-6-8-15(12-14,13-16)17-2/h14,17H,5-12H2,1-4H3. The predicted molar refractivity (Wildman–Crippen MR) is 80.1 cm³/mol. The first kappa shape index (κ1) is 16.4. The molecule has 1 aliphatic carbocycles. The van der Waals surface area contributed by atoms with Crippen molar-refractivity contribution in [3.05, 3.63) is 0 Å². The van der Waals surface area contributed by atoms with E-state index in [1.807, 2.05) is 7.05 Å². The molecule has 0 amide bonds. The van der Waals surface area contributed by atoms with Gasteiger partial charge in [-0.1, -0.05) is 6.92 Å². The number of likely N-dealkylation sites (N-methyl/N-ethyl adjacent to an activating group) is 1. The lowest BCUT2D eigenvalue weighted by Crippen LogP contribution is -2.52. The van der Waals surface area contributed by atoms with Gasteiger partial charge in [0.15, 0.2) is 0 Å². The van der Waals surface area contributed by atoms with Crippen LogP contribution in [0.4, 0.5) is 0 Å². The van der Waals surface area contributed by atoms with E-state index in [9.17, 15) is 5.26 Å². The molecule has 2 atom stereocenters. The Morgan fingerprint density at radius 3 is 2.58 bits per heavy atom. The van der Waals surface area contributed by atoms with Crippen LogP contribution in [0.5, 0.6) is 0 Å². The summed E-state index contributed by atoms with van der Waals surface area (Å²) in [6.07, 6.45) is 5.53. The fraction of sp³-hybridized carbons (Fsp3) is 0.933. The van der Waals surface area contributed by atoms with Gasteiger partial charge in [-0.2, -0.15) is 5.26 Å². The van der Waals surface area contributed by atoms with Crippen molar-refractivity contribution in [3.63, 3.8) is 0 Å². The molecule has 1 N–H and O–H groups in total. The lowest BCUT2D eigenvalue weighted by Gasteiger charge is -2.41. The van der Waals surface area contributed by atoms with E-state index in [1.54, 1.807) is 0 Å². The molecule has 110 valence electrons. The van der Waals surface area contributed by atoms with Gasteiger partial charge in [0, 0.05) is 19.1 Å². The topological polar surface area (TPSA) is 42.3 Å². The fourth-order valence-electron chi connectivity index (χ4n) is 3.03. The van der Waals surface area contributed by atoms with Crippen LogP contribution in [0.3, 0.4) is 0 Å². The molecule has 1 aliphatic rings. The normalized spacial score (nSPS) is 27.7. The van der Waals surface area contributed by atoms with Crippen LogP contribution >= 0.6 is 0 Å². The predicted octanol–water partition coefficient (Wildman–Crippen LogP) is 1.68. The van der Waals surface area contributed by atoms with Crippen LogP contribution in [0.2, 0.25) is 0 Å². The number of nitriles is 1. The van der Waals surface area contributed by atoms with E-state index >= 15 is 0 Å². The maximum atomic E-state index is 9.45. The zero-order valence-electron chi connectivity index (χ0n) is 13.1. The highest BCUT2D eigenvalue weighted by molar-refractivity contribution is 5.10. The molecule has 2 unspecified atom stereocenters. The molecule has 4 nitrogen and oxygen atoms in total. The number of hydrogen-bond acceptors (Lipinski definition) is 4. The fourth-order valence-corrected chi connectivity index (χ4v) is 3.03. The second-order valence-electron chi connectivity index (χ2n) is 6.03. The summed E-state index contributed by atoms with van der Waals surface area (Å²) in [7, 11) is 6.17. The number of rotatable bonds is 7. The van der Waals surface area contributed by atoms with Crippen molar-refractivity contribution in [2.45, 2.75) is 50.6 Å². The molecule has 0 aliphatic heterocycles. The van der Waals surface area contributed by atoms with E-state index < -0.39 is 0 Å². The highest BCUT2D eigenvalue weighted by Gasteiger charge is 2.37. The molecule has 0 aromatic heterocycles. The first-order valence-corrected chi connectivity index (χ1v) is 7.56. The molecule has 0 radical (unpaired) electrons. The summed E-state index contributed by atoms with van der Waals surface area (Å²) in [5, 5.41) is 12.7. The van der Waals surface area contributed by atoms with Crippen molar-refractivity contribution in [3.8, 4) is 6.07 Å². The number of nitrogens with one attached hydrogen (secondary N) is 1. The van der Waals surface area contributed by atoms with Gasteiger partial charge in [0.1, 0.15) is 5.54 Å². The molecule has 0 aromatic rings. The molecule has 0 saturated heterocycles. The van der Waals surface area contributed by atoms with Crippen LogP contribution in [0.15, 0.2) is 0 Å². The minimum Gasteiger partial charge on any atom is -0.308 e. The Bertz CT molecular complexity index is 297. The van der Waals surface area contributed by atoms with Crippen LogP contribution in [0, 0.1) is 11.3 Å². The molecule has 0 heterocycles. The minimum absolute atomic E-state index is 0.299. The summed E-state index contributed by atoms with van der Waals surface area (Å²) in [5.41, 5.74) is -0.299. The van der Waals surface area contributed by atoms with Gasteiger partial charge >= 0.3 is 0 Å². The Balaban J connectivity index is 2.65. The zero-order valence-corrected chi connectivity index (χ0v) is 13.1. The average Bonchev–Trinajstić information content (AvgIpc) is 2.43. The molecular formula is C15H30N4. The third-order valence-electron chi connectivity index (χ3n) is 4.28. The van der Waals surface area contributed by atoms with Gasteiger partial charge in [-0.25, -0.2) is 0 Å². The van der Waals surface area contributed by atoms with Crippen LogP contribution < -0.4 is 5.32 Å². The van der Waals surface area contributed by atoms with Gasteiger partial charge in [-0.3, -0.25) is 4.90 Å². The van der Waals surface area contributed by atoms with Crippen molar-refractivity contribution in [1.82, 2.24) is 15.1 Å². The third-order valence-corrected chi connectivity index (χ3v) is 4.28. The molecule has 4 heteroatoms. The van der Waals surface area contributed by atoms with Crippen LogP contribution in [-0.2, 0) is 0 Å². The summed E-state index contributed by atoms with van der Waals surface area (Å²) in [5.74, 6) is 0. The highest BCUT2D eigenvalue weighted by Crippen LogP contribution is 2.30. The summed E-state index contributed by atoms with van der Waals surface area (Å²) in [4.78, 5) is 4.82. The van der Waals surface area contributed by atoms with E-state index in [2.05, 4.69) is 42.2 Å². The quantitative estimate of drug-likeness (QED) is 0.761. The van der Waals surface area contributed by atoms with Gasteiger partial charge in [0.25, 0.3) is 0 Å². The number of hydrogen-bond donors (Lipinski definition) is 1. The molecule has 0 bridgehead atoms. The lowest BCUT2D eigenvalue weighted by molar-refractivity contribution is 0.114. The molecular weight excluding hydrogens is 236 g/mol. The highest BCUT2D eigenvalue weighted by atomic mass is 15.2. The third kappa shape index (κ3) is 4.76. The zero-order chi connectivity index (χ0) is 14.3.